The van der Waals surface area contributed by atoms with Crippen LogP contribution in [-0.4, -0.2) is 71.7 Å². The number of piperidine rings is 1. The summed E-state index contributed by atoms with van der Waals surface area (Å²) in [5, 5.41) is 3.23. The number of nitrogens with one attached hydrogen (secondary N) is 1. The van der Waals surface area contributed by atoms with Crippen molar-refractivity contribution in [3.63, 3.8) is 0 Å². The van der Waals surface area contributed by atoms with Crippen LogP contribution in [0.1, 0.15) is 32.3 Å². The van der Waals surface area contributed by atoms with Crippen LogP contribution in [0.2, 0.25) is 0 Å². The molecular formula is C24H26F3N5O5S. The Balaban J connectivity index is 1.53. The number of hydrogen-bond acceptors (Lipinski definition) is 7. The van der Waals surface area contributed by atoms with Gasteiger partial charge in [-0.2, -0.15) is 13.2 Å². The third kappa shape index (κ3) is 4.91. The second kappa shape index (κ2) is 9.57. The highest BCUT2D eigenvalue weighted by Gasteiger charge is 2.52. The summed E-state index contributed by atoms with van der Waals surface area (Å²) in [6, 6.07) is 6.00. The highest BCUT2D eigenvalue weighted by atomic mass is 32.2. The zero-order chi connectivity index (χ0) is 28.0. The normalized spacial score (nSPS) is 20.3. The first-order valence-electron chi connectivity index (χ1n) is 11.7. The maximum atomic E-state index is 13.3. The fourth-order valence-electron chi connectivity index (χ4n) is 4.35. The van der Waals surface area contributed by atoms with Crippen LogP contribution in [0, 0.1) is 0 Å². The molecule has 2 aromatic rings. The number of anilines is 2. The molecule has 1 unspecified atom stereocenters. The lowest BCUT2D eigenvalue weighted by molar-refractivity contribution is -0.132. The Morgan fingerprint density at radius 3 is 2.37 bits per heavy atom. The third-order valence-corrected chi connectivity index (χ3v) is 8.21. The number of imide groups is 1. The fraction of sp³-hybridized carbons (Fsp3) is 0.417. The van der Waals surface area contributed by atoms with Crippen molar-refractivity contribution in [2.24, 2.45) is 0 Å². The van der Waals surface area contributed by atoms with Crippen LogP contribution in [0.4, 0.5) is 29.5 Å². The zero-order valence-electron chi connectivity index (χ0n) is 20.8. The summed E-state index contributed by atoms with van der Waals surface area (Å²) in [4.78, 5) is 45.6. The first-order valence-corrected chi connectivity index (χ1v) is 13.1. The molecule has 2 aliphatic rings. The Bertz CT molecular complexity index is 1380. The van der Waals surface area contributed by atoms with Gasteiger partial charge in [0.05, 0.1) is 10.6 Å². The standard InChI is InChI=1S/C24H26F3N5O5S/c1-23(2)21(34)32(17-4-6-18(7-5-17)38(36,37)24(25,26)27)22(35)31(23)14-15-8-10-28-19(12-15)29-16-9-11-30(3)20(33)13-16/h4-8,10,12,16H,9,11,13-14H2,1-3H3,(H,28,29). The second-order valence-electron chi connectivity index (χ2n) is 9.71. The van der Waals surface area contributed by atoms with Gasteiger partial charge >= 0.3 is 11.5 Å². The number of amides is 4. The van der Waals surface area contributed by atoms with Crippen molar-refractivity contribution >= 4 is 39.2 Å². The average Bonchev–Trinajstić information content (AvgIpc) is 3.00. The Hall–Kier alpha value is -3.68. The van der Waals surface area contributed by atoms with E-state index < -0.39 is 37.7 Å². The molecule has 2 fully saturated rings. The number of carbonyl (C=O) groups excluding carboxylic acids is 3. The molecule has 1 aromatic heterocycles. The van der Waals surface area contributed by atoms with Gasteiger partial charge in [-0.3, -0.25) is 9.59 Å². The zero-order valence-corrected chi connectivity index (χ0v) is 21.6. The van der Waals surface area contributed by atoms with Crippen LogP contribution in [-0.2, 0) is 26.0 Å². The highest BCUT2D eigenvalue weighted by Crippen LogP contribution is 2.35. The molecule has 38 heavy (non-hydrogen) atoms. The molecule has 2 saturated heterocycles. The topological polar surface area (TPSA) is 120 Å². The van der Waals surface area contributed by atoms with Gasteiger partial charge in [-0.25, -0.2) is 23.1 Å². The van der Waals surface area contributed by atoms with E-state index in [1.54, 1.807) is 44.1 Å². The van der Waals surface area contributed by atoms with Gasteiger partial charge in [0.2, 0.25) is 5.91 Å². The number of rotatable bonds is 6. The number of benzene rings is 1. The minimum Gasteiger partial charge on any atom is -0.367 e. The molecule has 0 radical (unpaired) electrons. The van der Waals surface area contributed by atoms with Crippen molar-refractivity contribution in [1.29, 1.82) is 0 Å². The van der Waals surface area contributed by atoms with Crippen molar-refractivity contribution in [3.8, 4) is 0 Å². The molecule has 10 nitrogen and oxygen atoms in total. The predicted octanol–water partition coefficient (Wildman–Crippen LogP) is 3.16. The van der Waals surface area contributed by atoms with Crippen LogP contribution in [0.25, 0.3) is 0 Å². The number of pyridine rings is 1. The monoisotopic (exact) mass is 553 g/mol. The molecule has 3 heterocycles. The van der Waals surface area contributed by atoms with E-state index in [4.69, 9.17) is 0 Å². The maximum Gasteiger partial charge on any atom is 0.501 e. The highest BCUT2D eigenvalue weighted by molar-refractivity contribution is 7.92. The number of likely N-dealkylation sites (tertiary alicyclic amines) is 1. The number of sulfone groups is 1. The number of halogens is 3. The number of alkyl halides is 3. The molecule has 204 valence electrons. The number of carbonyl (C=O) groups is 3. The first kappa shape index (κ1) is 27.4. The molecule has 4 rings (SSSR count). The molecule has 1 aromatic carbocycles. The van der Waals surface area contributed by atoms with Gasteiger partial charge in [0.15, 0.2) is 0 Å². The molecule has 1 atom stereocenters. The average molecular weight is 554 g/mol. The SMILES string of the molecule is CN1CCC(Nc2cc(CN3C(=O)N(c4ccc(S(=O)(=O)C(F)(F)F)cc4)C(=O)C3(C)C)ccn2)CC1=O. The van der Waals surface area contributed by atoms with Crippen molar-refractivity contribution in [3.05, 3.63) is 48.2 Å². The smallest absolute Gasteiger partial charge is 0.367 e. The summed E-state index contributed by atoms with van der Waals surface area (Å²) in [7, 11) is -3.82. The predicted molar refractivity (Wildman–Crippen MR) is 131 cm³/mol. The van der Waals surface area contributed by atoms with Crippen LogP contribution in [0.5, 0.6) is 0 Å². The van der Waals surface area contributed by atoms with E-state index in [2.05, 4.69) is 10.3 Å². The van der Waals surface area contributed by atoms with E-state index in [1.807, 2.05) is 0 Å². The summed E-state index contributed by atoms with van der Waals surface area (Å²) in [6.07, 6.45) is 2.62. The lowest BCUT2D eigenvalue weighted by atomic mass is 10.0. The van der Waals surface area contributed by atoms with Crippen molar-refractivity contribution in [1.82, 2.24) is 14.8 Å². The molecule has 4 amide bonds. The van der Waals surface area contributed by atoms with Gasteiger partial charge in [0.1, 0.15) is 11.4 Å². The second-order valence-corrected chi connectivity index (χ2v) is 11.7. The van der Waals surface area contributed by atoms with Crippen molar-refractivity contribution in [2.45, 2.75) is 55.2 Å². The first-order chi connectivity index (χ1) is 17.6. The summed E-state index contributed by atoms with van der Waals surface area (Å²) in [6.45, 7) is 3.73. The van der Waals surface area contributed by atoms with Gasteiger partial charge in [0, 0.05) is 38.8 Å². The molecule has 0 spiro atoms. The lowest BCUT2D eigenvalue weighted by Crippen LogP contribution is -2.43. The summed E-state index contributed by atoms with van der Waals surface area (Å²) < 4.78 is 61.9. The Labute approximate surface area is 217 Å². The van der Waals surface area contributed by atoms with E-state index >= 15 is 0 Å². The van der Waals surface area contributed by atoms with E-state index in [1.165, 1.54) is 4.90 Å². The summed E-state index contributed by atoms with van der Waals surface area (Å²) in [5.74, 6) is -0.0814. The van der Waals surface area contributed by atoms with Gasteiger partial charge in [-0.05, 0) is 62.2 Å². The summed E-state index contributed by atoms with van der Waals surface area (Å²) >= 11 is 0. The molecule has 1 N–H and O–H groups in total. The molecule has 0 bridgehead atoms. The molecule has 2 aliphatic heterocycles. The largest absolute Gasteiger partial charge is 0.501 e. The van der Waals surface area contributed by atoms with Crippen molar-refractivity contribution in [2.75, 3.05) is 23.8 Å². The minimum absolute atomic E-state index is 0.0250. The van der Waals surface area contributed by atoms with E-state index in [9.17, 15) is 36.0 Å². The van der Waals surface area contributed by atoms with Gasteiger partial charge in [0.25, 0.3) is 15.7 Å². The van der Waals surface area contributed by atoms with Crippen LogP contribution in [0.3, 0.4) is 0 Å². The van der Waals surface area contributed by atoms with Gasteiger partial charge in [-0.1, -0.05) is 0 Å². The molecule has 0 aliphatic carbocycles. The third-order valence-electron chi connectivity index (χ3n) is 6.71. The van der Waals surface area contributed by atoms with Gasteiger partial charge in [-0.15, -0.1) is 0 Å². The number of hydrogen-bond donors (Lipinski definition) is 1. The lowest BCUT2D eigenvalue weighted by Gasteiger charge is -2.30. The number of urea groups is 1. The Morgan fingerprint density at radius 2 is 1.76 bits per heavy atom. The number of nitrogens with zero attached hydrogens (tertiary/aromatic N) is 4. The van der Waals surface area contributed by atoms with Gasteiger partial charge < -0.3 is 15.1 Å². The van der Waals surface area contributed by atoms with Crippen molar-refractivity contribution < 1.29 is 36.0 Å². The Morgan fingerprint density at radius 1 is 1.11 bits per heavy atom. The van der Waals surface area contributed by atoms with E-state index in [0.717, 1.165) is 23.5 Å². The van der Waals surface area contributed by atoms with E-state index in [-0.39, 0.29) is 24.2 Å². The molecule has 14 heteroatoms. The molecular weight excluding hydrogens is 527 g/mol. The van der Waals surface area contributed by atoms with Crippen LogP contribution >= 0.6 is 0 Å². The van der Waals surface area contributed by atoms with Crippen LogP contribution in [0.15, 0.2) is 47.5 Å². The van der Waals surface area contributed by atoms with Crippen LogP contribution < -0.4 is 10.2 Å². The Kier molecular flexibility index (Phi) is 6.89. The fourth-order valence-corrected chi connectivity index (χ4v) is 5.11. The quantitative estimate of drug-likeness (QED) is 0.546. The molecule has 0 saturated carbocycles. The maximum absolute atomic E-state index is 13.3. The number of aromatic nitrogens is 1. The summed E-state index contributed by atoms with van der Waals surface area (Å²) in [5.41, 5.74) is -6.18. The minimum atomic E-state index is -5.57. The van der Waals surface area contributed by atoms with E-state index in [0.29, 0.717) is 36.5 Å².